The number of carbonyl (C=O) groups is 1. The van der Waals surface area contributed by atoms with Gasteiger partial charge in [0.15, 0.2) is 18.1 Å². The number of ether oxygens (including phenoxy) is 2. The van der Waals surface area contributed by atoms with E-state index in [9.17, 15) is 4.79 Å². The molecule has 0 radical (unpaired) electrons. The molecule has 0 aromatic heterocycles. The van der Waals surface area contributed by atoms with Gasteiger partial charge in [-0.15, -0.1) is 6.58 Å². The van der Waals surface area contributed by atoms with Crippen molar-refractivity contribution in [3.8, 4) is 17.6 Å². The highest BCUT2D eigenvalue weighted by atomic mass is 16.5. The van der Waals surface area contributed by atoms with Crippen molar-refractivity contribution < 1.29 is 14.3 Å². The highest BCUT2D eigenvalue weighted by Crippen LogP contribution is 2.28. The zero-order valence-electron chi connectivity index (χ0n) is 15.0. The van der Waals surface area contributed by atoms with Crippen LogP contribution in [-0.4, -0.2) is 19.6 Å². The minimum Gasteiger partial charge on any atom is -0.493 e. The summed E-state index contributed by atoms with van der Waals surface area (Å²) in [6, 6.07) is 14.6. The first-order valence-electron chi connectivity index (χ1n) is 8.27. The van der Waals surface area contributed by atoms with Crippen molar-refractivity contribution >= 4 is 5.91 Å². The number of rotatable bonds is 8. The smallest absolute Gasteiger partial charge is 0.258 e. The molecule has 2 aromatic carbocycles. The van der Waals surface area contributed by atoms with Gasteiger partial charge in [0.25, 0.3) is 5.91 Å². The first-order chi connectivity index (χ1) is 12.6. The third-order valence-corrected chi connectivity index (χ3v) is 3.88. The Morgan fingerprint density at radius 1 is 1.27 bits per heavy atom. The second-order valence-electron chi connectivity index (χ2n) is 5.79. The van der Waals surface area contributed by atoms with Crippen LogP contribution >= 0.6 is 0 Å². The molecule has 0 saturated heterocycles. The predicted molar refractivity (Wildman–Crippen MR) is 100 cm³/mol. The lowest BCUT2D eigenvalue weighted by molar-refractivity contribution is -0.123. The number of nitriles is 1. The van der Waals surface area contributed by atoms with E-state index in [0.717, 1.165) is 17.5 Å². The van der Waals surface area contributed by atoms with Crippen LogP contribution in [0.1, 0.15) is 29.7 Å². The topological polar surface area (TPSA) is 71.3 Å². The first kappa shape index (κ1) is 19.1. The van der Waals surface area contributed by atoms with E-state index in [1.165, 1.54) is 0 Å². The van der Waals surface area contributed by atoms with Crippen molar-refractivity contribution in [2.45, 2.75) is 19.4 Å². The summed E-state index contributed by atoms with van der Waals surface area (Å²) >= 11 is 0. The van der Waals surface area contributed by atoms with E-state index >= 15 is 0 Å². The Hall–Kier alpha value is -3.26. The quantitative estimate of drug-likeness (QED) is 0.739. The van der Waals surface area contributed by atoms with Gasteiger partial charge in [0.1, 0.15) is 0 Å². The number of carbonyl (C=O) groups excluding carboxylic acids is 1. The summed E-state index contributed by atoms with van der Waals surface area (Å²) < 4.78 is 10.9. The van der Waals surface area contributed by atoms with Crippen LogP contribution in [0.5, 0.6) is 11.5 Å². The zero-order valence-corrected chi connectivity index (χ0v) is 15.0. The number of benzene rings is 2. The monoisotopic (exact) mass is 350 g/mol. The van der Waals surface area contributed by atoms with E-state index in [1.54, 1.807) is 25.3 Å². The average Bonchev–Trinajstić information content (AvgIpc) is 2.67. The van der Waals surface area contributed by atoms with E-state index in [0.29, 0.717) is 17.1 Å². The summed E-state index contributed by atoms with van der Waals surface area (Å²) in [5, 5.41) is 11.7. The van der Waals surface area contributed by atoms with Crippen LogP contribution in [0.2, 0.25) is 0 Å². The number of allylic oxidation sites excluding steroid dienone is 1. The van der Waals surface area contributed by atoms with Gasteiger partial charge in [-0.1, -0.05) is 24.3 Å². The molecular weight excluding hydrogens is 328 g/mol. The normalized spacial score (nSPS) is 11.1. The Morgan fingerprint density at radius 2 is 2.00 bits per heavy atom. The summed E-state index contributed by atoms with van der Waals surface area (Å²) in [6.45, 7) is 5.48. The predicted octanol–water partition coefficient (Wildman–Crippen LogP) is 3.55. The molecule has 0 fully saturated rings. The SMILES string of the molecule is C=CCc1ccc(OCC(=O)NC(C)c2ccc(C#N)cc2)c(OC)c1. The van der Waals surface area contributed by atoms with Crippen molar-refractivity contribution in [2.75, 3.05) is 13.7 Å². The number of amides is 1. The lowest BCUT2D eigenvalue weighted by atomic mass is 10.1. The molecule has 0 bridgehead atoms. The highest BCUT2D eigenvalue weighted by molar-refractivity contribution is 5.78. The maximum absolute atomic E-state index is 12.1. The molecule has 5 heteroatoms. The lowest BCUT2D eigenvalue weighted by Crippen LogP contribution is -2.31. The minimum atomic E-state index is -0.237. The van der Waals surface area contributed by atoms with E-state index in [1.807, 2.05) is 37.3 Å². The van der Waals surface area contributed by atoms with Crippen molar-refractivity contribution in [3.63, 3.8) is 0 Å². The van der Waals surface area contributed by atoms with Gasteiger partial charge in [-0.05, 0) is 48.7 Å². The Morgan fingerprint density at radius 3 is 2.62 bits per heavy atom. The molecule has 0 saturated carbocycles. The molecule has 5 nitrogen and oxygen atoms in total. The number of nitrogens with zero attached hydrogens (tertiary/aromatic N) is 1. The molecule has 0 heterocycles. The van der Waals surface area contributed by atoms with Gasteiger partial charge in [-0.3, -0.25) is 4.79 Å². The van der Waals surface area contributed by atoms with Gasteiger partial charge >= 0.3 is 0 Å². The van der Waals surface area contributed by atoms with Crippen LogP contribution in [0.4, 0.5) is 0 Å². The van der Waals surface area contributed by atoms with Gasteiger partial charge in [0.2, 0.25) is 0 Å². The number of hydrogen-bond donors (Lipinski definition) is 1. The van der Waals surface area contributed by atoms with E-state index in [4.69, 9.17) is 14.7 Å². The molecule has 0 spiro atoms. The van der Waals surface area contributed by atoms with Crippen molar-refractivity contribution in [1.82, 2.24) is 5.32 Å². The first-order valence-corrected chi connectivity index (χ1v) is 8.27. The summed E-state index contributed by atoms with van der Waals surface area (Å²) in [6.07, 6.45) is 2.55. The van der Waals surface area contributed by atoms with Crippen LogP contribution < -0.4 is 14.8 Å². The standard InChI is InChI=1S/C21H22N2O3/c1-4-5-16-8-11-19(20(12-16)25-3)26-14-21(24)23-15(2)18-9-6-17(13-22)7-10-18/h4,6-12,15H,1,5,14H2,2-3H3,(H,23,24). The summed E-state index contributed by atoms with van der Waals surface area (Å²) in [4.78, 5) is 12.1. The fourth-order valence-electron chi connectivity index (χ4n) is 2.48. The number of hydrogen-bond acceptors (Lipinski definition) is 4. The Balaban J connectivity index is 1.93. The zero-order chi connectivity index (χ0) is 18.9. The molecule has 1 N–H and O–H groups in total. The van der Waals surface area contributed by atoms with E-state index in [2.05, 4.69) is 18.0 Å². The molecule has 2 rings (SSSR count). The van der Waals surface area contributed by atoms with Gasteiger partial charge < -0.3 is 14.8 Å². The maximum Gasteiger partial charge on any atom is 0.258 e. The largest absolute Gasteiger partial charge is 0.493 e. The summed E-state index contributed by atoms with van der Waals surface area (Å²) in [5.41, 5.74) is 2.56. The van der Waals surface area contributed by atoms with Crippen LogP contribution in [0.15, 0.2) is 55.1 Å². The van der Waals surface area contributed by atoms with Gasteiger partial charge in [0.05, 0.1) is 24.8 Å². The van der Waals surface area contributed by atoms with Crippen LogP contribution in [0.3, 0.4) is 0 Å². The molecular formula is C21H22N2O3. The summed E-state index contributed by atoms with van der Waals surface area (Å²) in [7, 11) is 1.56. The summed E-state index contributed by atoms with van der Waals surface area (Å²) in [5.74, 6) is 0.859. The number of nitrogens with one attached hydrogen (secondary N) is 1. The molecule has 26 heavy (non-hydrogen) atoms. The fourth-order valence-corrected chi connectivity index (χ4v) is 2.48. The highest BCUT2D eigenvalue weighted by Gasteiger charge is 2.12. The third-order valence-electron chi connectivity index (χ3n) is 3.88. The van der Waals surface area contributed by atoms with E-state index < -0.39 is 0 Å². The van der Waals surface area contributed by atoms with Crippen LogP contribution in [-0.2, 0) is 11.2 Å². The Kier molecular flexibility index (Phi) is 6.81. The van der Waals surface area contributed by atoms with Crippen molar-refractivity contribution in [3.05, 3.63) is 71.8 Å². The lowest BCUT2D eigenvalue weighted by Gasteiger charge is -2.16. The molecule has 1 unspecified atom stereocenters. The Labute approximate surface area is 153 Å². The second kappa shape index (κ2) is 9.28. The van der Waals surface area contributed by atoms with Crippen LogP contribution in [0.25, 0.3) is 0 Å². The Bertz CT molecular complexity index is 807. The maximum atomic E-state index is 12.1. The third kappa shape index (κ3) is 5.12. The molecule has 0 aliphatic carbocycles. The van der Waals surface area contributed by atoms with Gasteiger partial charge in [-0.2, -0.15) is 5.26 Å². The van der Waals surface area contributed by atoms with Crippen LogP contribution in [0, 0.1) is 11.3 Å². The minimum absolute atomic E-state index is 0.113. The molecule has 0 aliphatic heterocycles. The van der Waals surface area contributed by atoms with Gasteiger partial charge in [-0.25, -0.2) is 0 Å². The van der Waals surface area contributed by atoms with Gasteiger partial charge in [0, 0.05) is 0 Å². The van der Waals surface area contributed by atoms with Crippen molar-refractivity contribution in [2.24, 2.45) is 0 Å². The molecule has 1 atom stereocenters. The molecule has 134 valence electrons. The number of methoxy groups -OCH3 is 1. The molecule has 0 aliphatic rings. The molecule has 2 aromatic rings. The molecule has 1 amide bonds. The second-order valence-corrected chi connectivity index (χ2v) is 5.79. The van der Waals surface area contributed by atoms with Crippen molar-refractivity contribution in [1.29, 1.82) is 5.26 Å². The van der Waals surface area contributed by atoms with E-state index in [-0.39, 0.29) is 18.6 Å². The fraction of sp³-hybridized carbons (Fsp3) is 0.238. The average molecular weight is 350 g/mol.